The summed E-state index contributed by atoms with van der Waals surface area (Å²) in [7, 11) is -42.6. The third-order valence-corrected chi connectivity index (χ3v) is 10.1. The van der Waals surface area contributed by atoms with Gasteiger partial charge in [-0.25, -0.2) is 39.9 Å². The molecule has 0 saturated carbocycles. The summed E-state index contributed by atoms with van der Waals surface area (Å²) < 4.78 is 280. The Hall–Kier alpha value is -6.40. The van der Waals surface area contributed by atoms with E-state index in [2.05, 4.69) is 39.9 Å². The summed E-state index contributed by atoms with van der Waals surface area (Å²) in [6.07, 6.45) is 0. The van der Waals surface area contributed by atoms with Crippen LogP contribution in [0.15, 0.2) is 137 Å². The van der Waals surface area contributed by atoms with Gasteiger partial charge >= 0.3 is 221 Å². The first kappa shape index (κ1) is 108. The number of hydrogen-bond donors (Lipinski definition) is 0. The summed E-state index contributed by atoms with van der Waals surface area (Å²) >= 11 is 0. The Labute approximate surface area is 661 Å². The quantitative estimate of drug-likeness (QED) is 0.0905. The number of aliphatic imine (C=N–C) groups is 8. The molecular formula is C56H60Ag4F24N12O8P4. The summed E-state index contributed by atoms with van der Waals surface area (Å²) in [4.78, 5) is 34.3. The molecule has 8 heterocycles. The van der Waals surface area contributed by atoms with Gasteiger partial charge in [-0.1, -0.05) is 24.3 Å². The first-order valence-electron chi connectivity index (χ1n) is 28.5. The van der Waals surface area contributed by atoms with Gasteiger partial charge in [0.2, 0.25) is 47.2 Å². The van der Waals surface area contributed by atoms with Crippen LogP contribution in [0.4, 0.5) is 101 Å². The van der Waals surface area contributed by atoms with Gasteiger partial charge in [0.25, 0.3) is 0 Å². The first-order valence-corrected chi connectivity index (χ1v) is 36.6. The van der Waals surface area contributed by atoms with Crippen LogP contribution in [0.1, 0.15) is 72.2 Å². The molecule has 0 unspecified atom stereocenters. The zero-order chi connectivity index (χ0) is 79.6. The van der Waals surface area contributed by atoms with Crippen LogP contribution in [0.5, 0.6) is 0 Å². The molecule has 8 aliphatic rings. The average Bonchev–Trinajstić information content (AvgIpc) is 0.996. The van der Waals surface area contributed by atoms with Crippen molar-refractivity contribution in [1.82, 2.24) is 0 Å². The van der Waals surface area contributed by atoms with Gasteiger partial charge in [-0.2, -0.15) is 21.0 Å². The summed E-state index contributed by atoms with van der Waals surface area (Å²) in [5, 5.41) is 29.3. The Kier molecular flexibility index (Phi) is 42.3. The van der Waals surface area contributed by atoms with Gasteiger partial charge in [0.1, 0.15) is 52.9 Å². The minimum atomic E-state index is -10.7. The van der Waals surface area contributed by atoms with Crippen molar-refractivity contribution in [3.8, 4) is 24.3 Å². The Balaban J connectivity index is -0.000000570. The van der Waals surface area contributed by atoms with Crippen LogP contribution in [0.25, 0.3) is 0 Å². The van der Waals surface area contributed by atoms with E-state index in [0.29, 0.717) is 52.9 Å². The molecule has 108 heavy (non-hydrogen) atoms. The van der Waals surface area contributed by atoms with E-state index >= 15 is 0 Å². The molecule has 0 spiro atoms. The fourth-order valence-corrected chi connectivity index (χ4v) is 7.22. The monoisotopic (exact) mass is 2040 g/mol. The number of nitriles is 4. The minimum Gasteiger partial charge on any atom is -0.476 e. The zero-order valence-electron chi connectivity index (χ0n) is 55.2. The number of ether oxygens (including phenoxy) is 8. The molecule has 0 bridgehead atoms. The van der Waals surface area contributed by atoms with Crippen molar-refractivity contribution in [1.29, 1.82) is 21.0 Å². The molecule has 0 aromatic heterocycles. The maximum Gasteiger partial charge on any atom is 1.00 e. The zero-order valence-corrected chi connectivity index (χ0v) is 64.8. The van der Waals surface area contributed by atoms with Gasteiger partial charge in [0.05, 0.1) is 76.6 Å². The fraction of sp³-hybridized carbons (Fsp3) is 0.357. The molecule has 20 nitrogen and oxygen atoms in total. The van der Waals surface area contributed by atoms with Gasteiger partial charge in [-0.05, 0) is 72.8 Å². The predicted octanol–water partition coefficient (Wildman–Crippen LogP) is 20.6. The third kappa shape index (κ3) is 65.5. The topological polar surface area (TPSA) is 268 Å². The number of rotatable bonds is 8. The molecule has 0 atom stereocenters. The van der Waals surface area contributed by atoms with Crippen LogP contribution in [-0.2, 0) is 127 Å². The Bertz CT molecular complexity index is 3300. The molecule has 0 saturated heterocycles. The molecule has 0 aliphatic carbocycles. The predicted molar refractivity (Wildman–Crippen MR) is 344 cm³/mol. The van der Waals surface area contributed by atoms with Crippen LogP contribution in [0.3, 0.4) is 0 Å². The van der Waals surface area contributed by atoms with Crippen molar-refractivity contribution >= 4 is 78.4 Å². The standard InChI is InChI=1S/4C12H12N2O2.4C2H3N.4Ag.4F6P/c4*1-2-9(11-13-4-6-15-11)8-10(3-1)12-14-5-7-16-12;4*1-2-3;;;;;4*1-7(2,3,4,5)6/h4*1-3,8H,4-7H2;4*1H3;;;;;;;;/q;;;;;;;;4*+1;4*-1. The second-order valence-electron chi connectivity index (χ2n) is 19.3. The van der Waals surface area contributed by atoms with Crippen molar-refractivity contribution in [3.05, 3.63) is 142 Å². The maximum absolute atomic E-state index is 10.7. The van der Waals surface area contributed by atoms with E-state index in [1.807, 2.05) is 97.1 Å². The van der Waals surface area contributed by atoms with Gasteiger partial charge in [-0.3, -0.25) is 0 Å². The van der Waals surface area contributed by atoms with Crippen LogP contribution < -0.4 is 0 Å². The molecular weight excluding hydrogens is 1980 g/mol. The van der Waals surface area contributed by atoms with Crippen molar-refractivity contribution in [2.24, 2.45) is 39.9 Å². The largest absolute Gasteiger partial charge is 1.00 e. The molecule has 12 rings (SSSR count). The number of halogens is 24. The van der Waals surface area contributed by atoms with Crippen LogP contribution in [0, 0.1) is 45.3 Å². The fourth-order valence-electron chi connectivity index (χ4n) is 7.22. The summed E-state index contributed by atoms with van der Waals surface area (Å²) in [6.45, 7) is 17.1. The van der Waals surface area contributed by atoms with Crippen molar-refractivity contribution in [2.45, 2.75) is 27.7 Å². The Morgan fingerprint density at radius 3 is 0.380 bits per heavy atom. The summed E-state index contributed by atoms with van der Waals surface area (Å²) in [6, 6.07) is 38.8. The molecule has 4 aromatic carbocycles. The number of benzene rings is 4. The minimum absolute atomic E-state index is 0. The molecule has 0 radical (unpaired) electrons. The SMILES string of the molecule is CC#N.CC#N.CC#N.CC#N.F[P-](F)(F)(F)(F)F.F[P-](F)(F)(F)(F)F.F[P-](F)(F)(F)(F)F.F[P-](F)(F)(F)(F)F.[Ag+].[Ag+].[Ag+].[Ag+].c1cc(C2=NCCO2)cc(C2=NCCO2)c1.c1cc(C2=NCCO2)cc(C2=NCCO2)c1.c1cc(C2=NCCO2)cc(C2=NCCO2)c1.c1cc(C2=NCCO2)cc(C2=NCCO2)c1. The van der Waals surface area contributed by atoms with Gasteiger partial charge in [-0.15, -0.1) is 0 Å². The van der Waals surface area contributed by atoms with E-state index in [1.165, 1.54) is 27.7 Å². The van der Waals surface area contributed by atoms with Crippen molar-refractivity contribution in [3.63, 3.8) is 0 Å². The van der Waals surface area contributed by atoms with E-state index in [-0.39, 0.29) is 89.5 Å². The molecule has 8 aliphatic heterocycles. The second kappa shape index (κ2) is 42.3. The van der Waals surface area contributed by atoms with E-state index in [1.54, 1.807) is 24.3 Å². The maximum atomic E-state index is 9.87. The Morgan fingerprint density at radius 2 is 0.315 bits per heavy atom. The molecule has 0 fully saturated rings. The normalized spacial score (nSPS) is 17.4. The van der Waals surface area contributed by atoms with Crippen LogP contribution in [0.2, 0.25) is 0 Å². The average molecular weight is 2040 g/mol. The van der Waals surface area contributed by atoms with Crippen molar-refractivity contribution < 1.29 is 228 Å². The van der Waals surface area contributed by atoms with E-state index in [4.69, 9.17) is 58.9 Å². The third-order valence-electron chi connectivity index (χ3n) is 10.1. The Morgan fingerprint density at radius 1 is 0.231 bits per heavy atom. The second-order valence-corrected chi connectivity index (χ2v) is 27.0. The van der Waals surface area contributed by atoms with Gasteiger partial charge in [0.15, 0.2) is 0 Å². The van der Waals surface area contributed by atoms with Crippen LogP contribution in [-0.4, -0.2) is 152 Å². The molecule has 0 N–H and O–H groups in total. The van der Waals surface area contributed by atoms with E-state index < -0.39 is 31.2 Å². The van der Waals surface area contributed by atoms with E-state index in [9.17, 15) is 101 Å². The number of hydrogen-bond acceptors (Lipinski definition) is 20. The van der Waals surface area contributed by atoms with E-state index in [0.717, 1.165) is 144 Å². The molecule has 624 valence electrons. The summed E-state index contributed by atoms with van der Waals surface area (Å²) in [5.41, 5.74) is 7.95. The first-order chi connectivity index (χ1) is 47.2. The molecule has 52 heteroatoms. The number of nitrogens with zero attached hydrogens (tertiary/aromatic N) is 12. The van der Waals surface area contributed by atoms with Crippen molar-refractivity contribution in [2.75, 3.05) is 105 Å². The smallest absolute Gasteiger partial charge is 0.476 e. The van der Waals surface area contributed by atoms with Crippen LogP contribution >= 0.6 is 31.2 Å². The van der Waals surface area contributed by atoms with Gasteiger partial charge < -0.3 is 37.9 Å². The molecule has 4 aromatic rings. The molecule has 0 amide bonds. The van der Waals surface area contributed by atoms with Gasteiger partial charge in [0, 0.05) is 72.2 Å². The summed E-state index contributed by atoms with van der Waals surface area (Å²) in [5.74, 6) is 5.78.